The molecule has 1 heterocycles. The Morgan fingerprint density at radius 3 is 2.71 bits per heavy atom. The minimum Gasteiger partial charge on any atom is -0.496 e. The molecule has 0 radical (unpaired) electrons. The topological polar surface area (TPSA) is 57.3 Å². The van der Waals surface area contributed by atoms with Crippen LogP contribution in [0.25, 0.3) is 11.4 Å². The lowest BCUT2D eigenvalue weighted by Gasteiger charge is -2.15. The molecule has 1 unspecified atom stereocenters. The van der Waals surface area contributed by atoms with Crippen molar-refractivity contribution in [2.45, 2.75) is 13.2 Å². The highest BCUT2D eigenvalue weighted by Gasteiger charge is 2.13. The maximum absolute atomic E-state index is 5.43. The van der Waals surface area contributed by atoms with Crippen molar-refractivity contribution < 1.29 is 9.64 Å². The largest absolute Gasteiger partial charge is 0.496 e. The first-order valence-corrected chi connectivity index (χ1v) is 8.42. The number of rotatable bonds is 6. The summed E-state index contributed by atoms with van der Waals surface area (Å²) in [6.07, 6.45) is 0. The van der Waals surface area contributed by atoms with Crippen molar-refractivity contribution in [3.63, 3.8) is 0 Å². The molecule has 3 aromatic rings. The Morgan fingerprint density at radius 2 is 1.96 bits per heavy atom. The van der Waals surface area contributed by atoms with E-state index in [4.69, 9.17) is 4.74 Å². The summed E-state index contributed by atoms with van der Waals surface area (Å²) in [6.45, 7) is 1.42. The average Bonchev–Trinajstić information content (AvgIpc) is 3.04. The van der Waals surface area contributed by atoms with Gasteiger partial charge < -0.3 is 9.64 Å². The van der Waals surface area contributed by atoms with Crippen molar-refractivity contribution >= 4 is 15.9 Å². The quantitative estimate of drug-likeness (QED) is 0.699. The van der Waals surface area contributed by atoms with Crippen LogP contribution in [0, 0.1) is 0 Å². The van der Waals surface area contributed by atoms with Crippen LogP contribution < -0.4 is 9.64 Å². The van der Waals surface area contributed by atoms with Gasteiger partial charge in [-0.2, -0.15) is 0 Å². The average molecular weight is 389 g/mol. The number of benzene rings is 2. The minimum absolute atomic E-state index is 0.621. The van der Waals surface area contributed by atoms with Gasteiger partial charge in [-0.05, 0) is 23.4 Å². The maximum Gasteiger partial charge on any atom is 0.205 e. The number of nitrogens with one attached hydrogen (secondary N) is 1. The summed E-state index contributed by atoms with van der Waals surface area (Å²) >= 11 is 3.51. The summed E-state index contributed by atoms with van der Waals surface area (Å²) < 4.78 is 6.47. The first-order valence-electron chi connectivity index (χ1n) is 7.62. The van der Waals surface area contributed by atoms with E-state index in [0.29, 0.717) is 12.5 Å². The number of quaternary nitrogens is 1. The number of ether oxygens (including phenoxy) is 1. The number of nitrogens with zero attached hydrogens (tertiary/aromatic N) is 4. The monoisotopic (exact) mass is 388 g/mol. The van der Waals surface area contributed by atoms with Gasteiger partial charge in [-0.3, -0.25) is 0 Å². The van der Waals surface area contributed by atoms with Crippen molar-refractivity contribution in [1.82, 2.24) is 20.2 Å². The normalized spacial score (nSPS) is 12.1. The van der Waals surface area contributed by atoms with E-state index < -0.39 is 0 Å². The molecule has 0 saturated carbocycles. The molecule has 0 bridgehead atoms. The van der Waals surface area contributed by atoms with E-state index in [2.05, 4.69) is 44.5 Å². The molecule has 2 aromatic carbocycles. The van der Waals surface area contributed by atoms with Crippen molar-refractivity contribution in [3.8, 4) is 17.1 Å². The van der Waals surface area contributed by atoms with Crippen molar-refractivity contribution in [3.05, 3.63) is 58.6 Å². The number of tetrazole rings is 1. The molecule has 0 aliphatic heterocycles. The minimum atomic E-state index is 0.621. The van der Waals surface area contributed by atoms with Crippen LogP contribution in [0.3, 0.4) is 0 Å². The molecule has 0 fully saturated rings. The highest BCUT2D eigenvalue weighted by Crippen LogP contribution is 2.22. The van der Waals surface area contributed by atoms with Gasteiger partial charge in [0.15, 0.2) is 6.67 Å². The van der Waals surface area contributed by atoms with E-state index in [-0.39, 0.29) is 0 Å². The Hall–Kier alpha value is -2.25. The molecule has 0 aliphatic carbocycles. The number of halogens is 1. The Balaban J connectivity index is 1.69. The van der Waals surface area contributed by atoms with Gasteiger partial charge in [0, 0.05) is 15.6 Å². The zero-order valence-corrected chi connectivity index (χ0v) is 15.2. The molecule has 7 heteroatoms. The first kappa shape index (κ1) is 16.6. The third kappa shape index (κ3) is 3.98. The van der Waals surface area contributed by atoms with E-state index in [1.165, 1.54) is 4.90 Å². The highest BCUT2D eigenvalue weighted by atomic mass is 79.9. The van der Waals surface area contributed by atoms with Crippen LogP contribution in [-0.2, 0) is 13.2 Å². The fraction of sp³-hybridized carbons (Fsp3) is 0.235. The fourth-order valence-corrected chi connectivity index (χ4v) is 2.93. The van der Waals surface area contributed by atoms with Gasteiger partial charge in [0.2, 0.25) is 5.82 Å². The molecule has 24 heavy (non-hydrogen) atoms. The standard InChI is InChI=1S/C17H18BrN5O/c1-22(11-14-10-15(18)8-9-16(14)24-2)12-23-20-17(19-21-23)13-6-4-3-5-7-13/h3-10H,11-12H2,1-2H3/p+1. The number of hydrogen-bond donors (Lipinski definition) is 1. The van der Waals surface area contributed by atoms with E-state index in [0.717, 1.165) is 27.9 Å². The van der Waals surface area contributed by atoms with Crippen LogP contribution in [-0.4, -0.2) is 34.4 Å². The lowest BCUT2D eigenvalue weighted by atomic mass is 10.2. The van der Waals surface area contributed by atoms with Gasteiger partial charge in [-0.25, -0.2) is 0 Å². The molecule has 6 nitrogen and oxygen atoms in total. The summed E-state index contributed by atoms with van der Waals surface area (Å²) in [6, 6.07) is 15.9. The van der Waals surface area contributed by atoms with E-state index >= 15 is 0 Å². The van der Waals surface area contributed by atoms with Crippen LogP contribution in [0.15, 0.2) is 53.0 Å². The van der Waals surface area contributed by atoms with Crippen LogP contribution in [0.1, 0.15) is 5.56 Å². The SMILES string of the molecule is COc1ccc(Br)cc1C[NH+](C)Cn1nnc(-c2ccccc2)n1. The molecular formula is C17H19BrN5O+. The maximum atomic E-state index is 5.43. The zero-order valence-electron chi connectivity index (χ0n) is 13.6. The van der Waals surface area contributed by atoms with Crippen LogP contribution >= 0.6 is 15.9 Å². The van der Waals surface area contributed by atoms with Crippen molar-refractivity contribution in [2.75, 3.05) is 14.2 Å². The molecule has 1 N–H and O–H groups in total. The van der Waals surface area contributed by atoms with Gasteiger partial charge in [0.1, 0.15) is 12.3 Å². The number of aromatic nitrogens is 4. The second-order valence-corrected chi connectivity index (χ2v) is 6.52. The van der Waals surface area contributed by atoms with Crippen molar-refractivity contribution in [1.29, 1.82) is 0 Å². The van der Waals surface area contributed by atoms with E-state index in [9.17, 15) is 0 Å². The molecule has 1 atom stereocenters. The van der Waals surface area contributed by atoms with Crippen molar-refractivity contribution in [2.24, 2.45) is 0 Å². The summed E-state index contributed by atoms with van der Waals surface area (Å²) in [5, 5.41) is 12.7. The molecule has 124 valence electrons. The molecule has 3 rings (SSSR count). The predicted octanol–water partition coefficient (Wildman–Crippen LogP) is 1.78. The number of hydrogen-bond acceptors (Lipinski definition) is 4. The molecule has 0 aliphatic rings. The second-order valence-electron chi connectivity index (χ2n) is 5.60. The Morgan fingerprint density at radius 1 is 1.17 bits per heavy atom. The molecular weight excluding hydrogens is 370 g/mol. The van der Waals surface area contributed by atoms with Crippen LogP contribution in [0.2, 0.25) is 0 Å². The smallest absolute Gasteiger partial charge is 0.205 e. The third-order valence-electron chi connectivity index (χ3n) is 3.63. The lowest BCUT2D eigenvalue weighted by Crippen LogP contribution is -3.07. The summed E-state index contributed by atoms with van der Waals surface area (Å²) in [5.41, 5.74) is 2.10. The molecule has 0 spiro atoms. The second kappa shape index (κ2) is 7.55. The molecule has 0 saturated heterocycles. The Kier molecular flexibility index (Phi) is 5.22. The molecule has 1 aromatic heterocycles. The molecule has 0 amide bonds. The summed E-state index contributed by atoms with van der Waals surface area (Å²) in [7, 11) is 3.78. The van der Waals surface area contributed by atoms with E-state index in [1.807, 2.05) is 42.5 Å². The summed E-state index contributed by atoms with van der Waals surface area (Å²) in [5.74, 6) is 1.53. The van der Waals surface area contributed by atoms with Gasteiger partial charge in [0.25, 0.3) is 0 Å². The fourth-order valence-electron chi connectivity index (χ4n) is 2.52. The zero-order chi connectivity index (χ0) is 16.9. The van der Waals surface area contributed by atoms with Gasteiger partial charge >= 0.3 is 0 Å². The summed E-state index contributed by atoms with van der Waals surface area (Å²) in [4.78, 5) is 2.85. The Bertz CT molecular complexity index is 806. The van der Waals surface area contributed by atoms with Gasteiger partial charge in [0.05, 0.1) is 14.2 Å². The number of methoxy groups -OCH3 is 1. The predicted molar refractivity (Wildman–Crippen MR) is 94.5 cm³/mol. The van der Waals surface area contributed by atoms with E-state index in [1.54, 1.807) is 11.9 Å². The van der Waals surface area contributed by atoms with Crippen LogP contribution in [0.5, 0.6) is 5.75 Å². The lowest BCUT2D eigenvalue weighted by molar-refractivity contribution is -0.918. The van der Waals surface area contributed by atoms with Crippen LogP contribution in [0.4, 0.5) is 0 Å². The highest BCUT2D eigenvalue weighted by molar-refractivity contribution is 9.10. The van der Waals surface area contributed by atoms with Gasteiger partial charge in [-0.1, -0.05) is 46.3 Å². The first-order chi connectivity index (χ1) is 11.7. The third-order valence-corrected chi connectivity index (χ3v) is 4.12. The Labute approximate surface area is 149 Å². The van der Waals surface area contributed by atoms with Gasteiger partial charge in [-0.15, -0.1) is 15.0 Å².